The third kappa shape index (κ3) is 3.26. The Morgan fingerprint density at radius 2 is 2.54 bits per heavy atom. The third-order valence-corrected chi connectivity index (χ3v) is 1.80. The van der Waals surface area contributed by atoms with Crippen LogP contribution in [-0.4, -0.2) is 15.8 Å². The van der Waals surface area contributed by atoms with Gasteiger partial charge in [-0.3, -0.25) is 4.68 Å². The SMILES string of the molecule is CC(CC#N)NCc1ccn(C)n1. The number of hydrogen-bond acceptors (Lipinski definition) is 3. The zero-order chi connectivity index (χ0) is 9.68. The Kier molecular flexibility index (Phi) is 3.47. The third-order valence-electron chi connectivity index (χ3n) is 1.80. The van der Waals surface area contributed by atoms with E-state index in [1.165, 1.54) is 0 Å². The summed E-state index contributed by atoms with van der Waals surface area (Å²) in [4.78, 5) is 0. The molecule has 4 nitrogen and oxygen atoms in total. The molecule has 0 aliphatic carbocycles. The lowest BCUT2D eigenvalue weighted by molar-refractivity contribution is 0.547. The van der Waals surface area contributed by atoms with Crippen LogP contribution in [-0.2, 0) is 13.6 Å². The Morgan fingerprint density at radius 3 is 3.08 bits per heavy atom. The molecule has 0 spiro atoms. The maximum atomic E-state index is 8.43. The fourth-order valence-electron chi connectivity index (χ4n) is 1.05. The van der Waals surface area contributed by atoms with Gasteiger partial charge in [-0.25, -0.2) is 0 Å². The predicted molar refractivity (Wildman–Crippen MR) is 49.7 cm³/mol. The van der Waals surface area contributed by atoms with E-state index in [4.69, 9.17) is 5.26 Å². The molecule has 0 aromatic carbocycles. The zero-order valence-corrected chi connectivity index (χ0v) is 7.99. The highest BCUT2D eigenvalue weighted by atomic mass is 15.3. The van der Waals surface area contributed by atoms with E-state index in [1.807, 2.05) is 26.2 Å². The fourth-order valence-corrected chi connectivity index (χ4v) is 1.05. The number of nitrogens with zero attached hydrogens (tertiary/aromatic N) is 3. The van der Waals surface area contributed by atoms with E-state index in [-0.39, 0.29) is 6.04 Å². The molecule has 0 aliphatic heterocycles. The smallest absolute Gasteiger partial charge is 0.0762 e. The van der Waals surface area contributed by atoms with Crippen molar-refractivity contribution in [1.29, 1.82) is 5.26 Å². The van der Waals surface area contributed by atoms with Gasteiger partial charge in [0.25, 0.3) is 0 Å². The van der Waals surface area contributed by atoms with Crippen LogP contribution >= 0.6 is 0 Å². The summed E-state index contributed by atoms with van der Waals surface area (Å²) in [6.45, 7) is 2.72. The average Bonchev–Trinajstić information content (AvgIpc) is 2.49. The van der Waals surface area contributed by atoms with E-state index in [9.17, 15) is 0 Å². The molecule has 0 saturated heterocycles. The van der Waals surface area contributed by atoms with E-state index in [2.05, 4.69) is 16.5 Å². The molecule has 0 aliphatic rings. The first-order valence-electron chi connectivity index (χ1n) is 4.31. The molecule has 1 rings (SSSR count). The first kappa shape index (κ1) is 9.75. The first-order valence-corrected chi connectivity index (χ1v) is 4.31. The maximum Gasteiger partial charge on any atom is 0.0762 e. The number of nitrogens with one attached hydrogen (secondary N) is 1. The summed E-state index contributed by atoms with van der Waals surface area (Å²) in [5.74, 6) is 0. The molecule has 1 N–H and O–H groups in total. The van der Waals surface area contributed by atoms with Crippen LogP contribution < -0.4 is 5.32 Å². The normalized spacial score (nSPS) is 12.4. The van der Waals surface area contributed by atoms with Gasteiger partial charge in [-0.05, 0) is 13.0 Å². The molecule has 0 saturated carbocycles. The Hall–Kier alpha value is -1.34. The lowest BCUT2D eigenvalue weighted by Gasteiger charge is -2.07. The van der Waals surface area contributed by atoms with Crippen LogP contribution in [0.4, 0.5) is 0 Å². The largest absolute Gasteiger partial charge is 0.308 e. The van der Waals surface area contributed by atoms with Gasteiger partial charge < -0.3 is 5.32 Å². The van der Waals surface area contributed by atoms with Gasteiger partial charge in [0.2, 0.25) is 0 Å². The summed E-state index contributed by atoms with van der Waals surface area (Å²) in [7, 11) is 1.89. The van der Waals surface area contributed by atoms with Crippen LogP contribution in [0.5, 0.6) is 0 Å². The summed E-state index contributed by atoms with van der Waals surface area (Å²) in [5.41, 5.74) is 1.01. The minimum Gasteiger partial charge on any atom is -0.308 e. The van der Waals surface area contributed by atoms with E-state index >= 15 is 0 Å². The molecule has 1 aromatic rings. The molecule has 1 atom stereocenters. The molecule has 13 heavy (non-hydrogen) atoms. The highest BCUT2D eigenvalue weighted by Gasteiger charge is 2.01. The monoisotopic (exact) mass is 178 g/mol. The molecule has 0 bridgehead atoms. The van der Waals surface area contributed by atoms with Gasteiger partial charge in [0.1, 0.15) is 0 Å². The van der Waals surface area contributed by atoms with Crippen molar-refractivity contribution >= 4 is 0 Å². The first-order chi connectivity index (χ1) is 6.22. The molecule has 70 valence electrons. The quantitative estimate of drug-likeness (QED) is 0.742. The summed E-state index contributed by atoms with van der Waals surface area (Å²) in [6, 6.07) is 4.31. The Bertz CT molecular complexity index is 297. The van der Waals surface area contributed by atoms with E-state index in [1.54, 1.807) is 4.68 Å². The summed E-state index contributed by atoms with van der Waals surface area (Å²) in [5, 5.41) is 15.9. The van der Waals surface area contributed by atoms with Gasteiger partial charge in [0.15, 0.2) is 0 Å². The van der Waals surface area contributed by atoms with Crippen molar-refractivity contribution < 1.29 is 0 Å². The van der Waals surface area contributed by atoms with Crippen molar-refractivity contribution in [2.45, 2.75) is 25.9 Å². The second kappa shape index (κ2) is 4.63. The van der Waals surface area contributed by atoms with E-state index in [0.717, 1.165) is 12.2 Å². The minimum absolute atomic E-state index is 0.229. The second-order valence-corrected chi connectivity index (χ2v) is 3.12. The number of nitriles is 1. The summed E-state index contributed by atoms with van der Waals surface area (Å²) < 4.78 is 1.77. The van der Waals surface area contributed by atoms with E-state index < -0.39 is 0 Å². The number of aryl methyl sites for hydroxylation is 1. The van der Waals surface area contributed by atoms with Crippen LogP contribution in [0.3, 0.4) is 0 Å². The van der Waals surface area contributed by atoms with Crippen molar-refractivity contribution in [2.75, 3.05) is 0 Å². The molecule has 0 amide bonds. The Labute approximate surface area is 78.2 Å². The van der Waals surface area contributed by atoms with Gasteiger partial charge in [0, 0.05) is 25.8 Å². The molecular weight excluding hydrogens is 164 g/mol. The number of hydrogen-bond donors (Lipinski definition) is 1. The molecule has 1 heterocycles. The standard InChI is InChI=1S/C9H14N4/c1-8(3-5-10)11-7-9-4-6-13(2)12-9/h4,6,8,11H,3,7H2,1-2H3. The average molecular weight is 178 g/mol. The van der Waals surface area contributed by atoms with Gasteiger partial charge in [-0.15, -0.1) is 0 Å². The van der Waals surface area contributed by atoms with E-state index in [0.29, 0.717) is 6.42 Å². The molecular formula is C9H14N4. The number of rotatable bonds is 4. The van der Waals surface area contributed by atoms with Crippen molar-refractivity contribution in [1.82, 2.24) is 15.1 Å². The van der Waals surface area contributed by atoms with Crippen molar-refractivity contribution in [3.63, 3.8) is 0 Å². The molecule has 1 aromatic heterocycles. The van der Waals surface area contributed by atoms with Crippen molar-refractivity contribution in [3.05, 3.63) is 18.0 Å². The fraction of sp³-hybridized carbons (Fsp3) is 0.556. The zero-order valence-electron chi connectivity index (χ0n) is 7.99. The van der Waals surface area contributed by atoms with Crippen molar-refractivity contribution in [2.24, 2.45) is 7.05 Å². The predicted octanol–water partition coefficient (Wildman–Crippen LogP) is 0.812. The van der Waals surface area contributed by atoms with Crippen LogP contribution in [0.25, 0.3) is 0 Å². The summed E-state index contributed by atoms with van der Waals surface area (Å²) >= 11 is 0. The van der Waals surface area contributed by atoms with Gasteiger partial charge in [-0.2, -0.15) is 10.4 Å². The van der Waals surface area contributed by atoms with Gasteiger partial charge in [0.05, 0.1) is 18.2 Å². The second-order valence-electron chi connectivity index (χ2n) is 3.12. The molecule has 4 heteroatoms. The van der Waals surface area contributed by atoms with Gasteiger partial charge >= 0.3 is 0 Å². The molecule has 0 radical (unpaired) electrons. The lowest BCUT2D eigenvalue weighted by atomic mass is 10.2. The highest BCUT2D eigenvalue weighted by Crippen LogP contribution is 1.95. The van der Waals surface area contributed by atoms with Crippen molar-refractivity contribution in [3.8, 4) is 6.07 Å². The van der Waals surface area contributed by atoms with Crippen LogP contribution in [0.2, 0.25) is 0 Å². The minimum atomic E-state index is 0.229. The lowest BCUT2D eigenvalue weighted by Crippen LogP contribution is -2.25. The van der Waals surface area contributed by atoms with Crippen LogP contribution in [0.15, 0.2) is 12.3 Å². The topological polar surface area (TPSA) is 53.6 Å². The maximum absolute atomic E-state index is 8.43. The van der Waals surface area contributed by atoms with Crippen LogP contribution in [0, 0.1) is 11.3 Å². The number of aromatic nitrogens is 2. The van der Waals surface area contributed by atoms with Crippen LogP contribution in [0.1, 0.15) is 19.0 Å². The highest BCUT2D eigenvalue weighted by molar-refractivity contribution is 4.98. The Balaban J connectivity index is 2.31. The summed E-state index contributed by atoms with van der Waals surface area (Å²) in [6.07, 6.45) is 2.44. The molecule has 1 unspecified atom stereocenters. The van der Waals surface area contributed by atoms with Gasteiger partial charge in [-0.1, -0.05) is 0 Å². The molecule has 0 fully saturated rings. The Morgan fingerprint density at radius 1 is 1.77 bits per heavy atom.